The quantitative estimate of drug-likeness (QED) is 0.793. The Hall–Kier alpha value is -2.14. The van der Waals surface area contributed by atoms with E-state index in [4.69, 9.17) is 5.11 Å². The van der Waals surface area contributed by atoms with Crippen molar-refractivity contribution in [1.82, 2.24) is 4.90 Å². The number of nitrogens with zero attached hydrogens (tertiary/aromatic N) is 1. The Balaban J connectivity index is 2.20. The maximum Gasteiger partial charge on any atom is 0.328 e. The number of carboxylic acid groups (broad SMARTS) is 1. The van der Waals surface area contributed by atoms with Crippen LogP contribution in [0.1, 0.15) is 24.0 Å². The number of rotatable bonds is 5. The van der Waals surface area contributed by atoms with Crippen LogP contribution in [0.4, 0.5) is 0 Å². The van der Waals surface area contributed by atoms with Gasteiger partial charge in [-0.15, -0.1) is 0 Å². The largest absolute Gasteiger partial charge is 0.478 e. The van der Waals surface area contributed by atoms with Crippen molar-refractivity contribution >= 4 is 18.0 Å². The van der Waals surface area contributed by atoms with E-state index in [1.165, 1.54) is 6.08 Å². The molecule has 0 saturated carbocycles. The molecule has 5 heteroatoms. The smallest absolute Gasteiger partial charge is 0.328 e. The minimum atomic E-state index is -1.01. The highest BCUT2D eigenvalue weighted by Crippen LogP contribution is 2.23. The Morgan fingerprint density at radius 1 is 1.40 bits per heavy atom. The van der Waals surface area contributed by atoms with Crippen LogP contribution < -0.4 is 0 Å². The van der Waals surface area contributed by atoms with Crippen molar-refractivity contribution in [2.75, 3.05) is 6.61 Å². The SMILES string of the molecule is O=C(O)/C=C/c1ccccc1CN1C(=O)CC[C@@H]1CO. The Kier molecular flexibility index (Phi) is 4.53. The molecule has 0 bridgehead atoms. The summed E-state index contributed by atoms with van der Waals surface area (Å²) >= 11 is 0. The molecule has 1 aromatic rings. The lowest BCUT2D eigenvalue weighted by molar-refractivity contribution is -0.131. The van der Waals surface area contributed by atoms with Crippen LogP contribution >= 0.6 is 0 Å². The molecule has 0 unspecified atom stereocenters. The van der Waals surface area contributed by atoms with E-state index in [1.807, 2.05) is 24.3 Å². The molecule has 5 nitrogen and oxygen atoms in total. The molecule has 2 rings (SSSR count). The lowest BCUT2D eigenvalue weighted by Gasteiger charge is -2.24. The van der Waals surface area contributed by atoms with Gasteiger partial charge in [0, 0.05) is 19.0 Å². The highest BCUT2D eigenvalue weighted by Gasteiger charge is 2.30. The molecule has 1 fully saturated rings. The van der Waals surface area contributed by atoms with Crippen molar-refractivity contribution in [3.05, 3.63) is 41.5 Å². The van der Waals surface area contributed by atoms with E-state index in [2.05, 4.69) is 0 Å². The third-order valence-corrected chi connectivity index (χ3v) is 3.46. The lowest BCUT2D eigenvalue weighted by Crippen LogP contribution is -2.34. The second-order valence-corrected chi connectivity index (χ2v) is 4.77. The summed E-state index contributed by atoms with van der Waals surface area (Å²) in [5, 5.41) is 18.0. The minimum absolute atomic E-state index is 0.0288. The summed E-state index contributed by atoms with van der Waals surface area (Å²) in [4.78, 5) is 24.1. The third-order valence-electron chi connectivity index (χ3n) is 3.46. The van der Waals surface area contributed by atoms with E-state index >= 15 is 0 Å². The van der Waals surface area contributed by atoms with Crippen molar-refractivity contribution in [3.63, 3.8) is 0 Å². The van der Waals surface area contributed by atoms with Gasteiger partial charge >= 0.3 is 5.97 Å². The van der Waals surface area contributed by atoms with Gasteiger partial charge in [-0.25, -0.2) is 4.79 Å². The van der Waals surface area contributed by atoms with Crippen LogP contribution in [-0.2, 0) is 16.1 Å². The number of hydrogen-bond donors (Lipinski definition) is 2. The summed E-state index contributed by atoms with van der Waals surface area (Å²) in [6.45, 7) is 0.350. The summed E-state index contributed by atoms with van der Waals surface area (Å²) in [6, 6.07) is 7.20. The van der Waals surface area contributed by atoms with E-state index in [0.29, 0.717) is 19.4 Å². The van der Waals surface area contributed by atoms with Crippen LogP contribution in [0.3, 0.4) is 0 Å². The average molecular weight is 275 g/mol. The molecule has 0 radical (unpaired) electrons. The number of aliphatic hydroxyl groups is 1. The maximum atomic E-state index is 11.8. The van der Waals surface area contributed by atoms with Crippen LogP contribution in [0.2, 0.25) is 0 Å². The maximum absolute atomic E-state index is 11.8. The predicted molar refractivity (Wildman–Crippen MR) is 73.8 cm³/mol. The molecule has 0 aliphatic carbocycles. The second-order valence-electron chi connectivity index (χ2n) is 4.77. The summed E-state index contributed by atoms with van der Waals surface area (Å²) in [6.07, 6.45) is 3.72. The fraction of sp³-hybridized carbons (Fsp3) is 0.333. The monoisotopic (exact) mass is 275 g/mol. The number of likely N-dealkylation sites (tertiary alicyclic amines) is 1. The number of carbonyl (C=O) groups is 2. The first-order chi connectivity index (χ1) is 9.61. The van der Waals surface area contributed by atoms with Crippen molar-refractivity contribution in [1.29, 1.82) is 0 Å². The Bertz CT molecular complexity index is 538. The van der Waals surface area contributed by atoms with Gasteiger partial charge in [0.25, 0.3) is 0 Å². The first-order valence-electron chi connectivity index (χ1n) is 6.51. The van der Waals surface area contributed by atoms with Gasteiger partial charge in [-0.2, -0.15) is 0 Å². The van der Waals surface area contributed by atoms with Crippen molar-refractivity contribution in [2.45, 2.75) is 25.4 Å². The van der Waals surface area contributed by atoms with E-state index in [1.54, 1.807) is 4.90 Å². The van der Waals surface area contributed by atoms with Gasteiger partial charge in [0.2, 0.25) is 5.91 Å². The van der Waals surface area contributed by atoms with Crippen molar-refractivity contribution in [2.24, 2.45) is 0 Å². The average Bonchev–Trinajstić information content (AvgIpc) is 2.78. The highest BCUT2D eigenvalue weighted by molar-refractivity contribution is 5.85. The highest BCUT2D eigenvalue weighted by atomic mass is 16.4. The lowest BCUT2D eigenvalue weighted by atomic mass is 10.1. The summed E-state index contributed by atoms with van der Waals surface area (Å²) in [7, 11) is 0. The van der Waals surface area contributed by atoms with Gasteiger partial charge in [0.15, 0.2) is 0 Å². The van der Waals surface area contributed by atoms with Crippen LogP contribution in [0.5, 0.6) is 0 Å². The molecule has 1 aromatic carbocycles. The molecule has 2 N–H and O–H groups in total. The van der Waals surface area contributed by atoms with Gasteiger partial charge in [0.1, 0.15) is 0 Å². The Morgan fingerprint density at radius 3 is 2.85 bits per heavy atom. The third kappa shape index (κ3) is 3.24. The number of carboxylic acids is 1. The number of benzene rings is 1. The number of hydrogen-bond acceptors (Lipinski definition) is 3. The van der Waals surface area contributed by atoms with Crippen LogP contribution in [0.15, 0.2) is 30.3 Å². The first kappa shape index (κ1) is 14.3. The zero-order chi connectivity index (χ0) is 14.5. The molecule has 1 aliphatic heterocycles. The summed E-state index contributed by atoms with van der Waals surface area (Å²) < 4.78 is 0. The van der Waals surface area contributed by atoms with Gasteiger partial charge in [0.05, 0.1) is 12.6 Å². The molecular formula is C15H17NO4. The van der Waals surface area contributed by atoms with E-state index in [0.717, 1.165) is 17.2 Å². The van der Waals surface area contributed by atoms with E-state index < -0.39 is 5.97 Å². The zero-order valence-corrected chi connectivity index (χ0v) is 11.0. The van der Waals surface area contributed by atoms with Gasteiger partial charge in [-0.3, -0.25) is 4.79 Å². The summed E-state index contributed by atoms with van der Waals surface area (Å²) in [5.74, 6) is -0.980. The Morgan fingerprint density at radius 2 is 2.15 bits per heavy atom. The molecule has 1 atom stereocenters. The molecule has 1 heterocycles. The number of carbonyl (C=O) groups excluding carboxylic acids is 1. The molecule has 20 heavy (non-hydrogen) atoms. The van der Waals surface area contributed by atoms with Crippen LogP contribution in [-0.4, -0.2) is 39.6 Å². The van der Waals surface area contributed by atoms with Crippen LogP contribution in [0, 0.1) is 0 Å². The first-order valence-corrected chi connectivity index (χ1v) is 6.51. The fourth-order valence-corrected chi connectivity index (χ4v) is 2.39. The van der Waals surface area contributed by atoms with E-state index in [-0.39, 0.29) is 18.6 Å². The molecule has 106 valence electrons. The zero-order valence-electron chi connectivity index (χ0n) is 11.0. The molecule has 0 spiro atoms. The van der Waals surface area contributed by atoms with E-state index in [9.17, 15) is 14.7 Å². The molecule has 0 aromatic heterocycles. The van der Waals surface area contributed by atoms with Gasteiger partial charge in [-0.1, -0.05) is 24.3 Å². The molecule has 1 saturated heterocycles. The van der Waals surface area contributed by atoms with Crippen molar-refractivity contribution < 1.29 is 19.8 Å². The predicted octanol–water partition coefficient (Wildman–Crippen LogP) is 1.27. The van der Waals surface area contributed by atoms with Crippen LogP contribution in [0.25, 0.3) is 6.08 Å². The van der Waals surface area contributed by atoms with Gasteiger partial charge in [-0.05, 0) is 23.6 Å². The topological polar surface area (TPSA) is 77.8 Å². The van der Waals surface area contributed by atoms with Gasteiger partial charge < -0.3 is 15.1 Å². The number of aliphatic hydroxyl groups excluding tert-OH is 1. The second kappa shape index (κ2) is 6.34. The summed E-state index contributed by atoms with van der Waals surface area (Å²) in [5.41, 5.74) is 1.64. The molecular weight excluding hydrogens is 258 g/mol. The fourth-order valence-electron chi connectivity index (χ4n) is 2.39. The number of aliphatic carboxylic acids is 1. The van der Waals surface area contributed by atoms with Crippen molar-refractivity contribution in [3.8, 4) is 0 Å². The standard InChI is InChI=1S/C15H17NO4/c17-10-13-6-7-14(18)16(13)9-12-4-2-1-3-11(12)5-8-15(19)20/h1-5,8,13,17H,6-7,9-10H2,(H,19,20)/b8-5+/t13-/m1/s1. The Labute approximate surface area is 117 Å². The molecule has 1 aliphatic rings. The normalized spacial score (nSPS) is 18.9. The number of amides is 1. The minimum Gasteiger partial charge on any atom is -0.478 e. The molecule has 1 amide bonds.